The van der Waals surface area contributed by atoms with Crippen LogP contribution in [0.1, 0.15) is 25.7 Å². The zero-order chi connectivity index (χ0) is 11.5. The van der Waals surface area contributed by atoms with Crippen LogP contribution in [0.25, 0.3) is 0 Å². The topological polar surface area (TPSA) is 61.2 Å². The minimum Gasteiger partial charge on any atom is -0.282 e. The van der Waals surface area contributed by atoms with Gasteiger partial charge in [-0.1, -0.05) is 12.2 Å². The summed E-state index contributed by atoms with van der Waals surface area (Å²) in [7, 11) is 0. The van der Waals surface area contributed by atoms with E-state index in [-0.39, 0.29) is 23.7 Å². The lowest BCUT2D eigenvalue weighted by Gasteiger charge is -2.14. The molecule has 0 aromatic rings. The van der Waals surface area contributed by atoms with Crippen LogP contribution in [0.2, 0.25) is 0 Å². The molecule has 0 saturated carbocycles. The van der Waals surface area contributed by atoms with E-state index in [2.05, 4.69) is 0 Å². The Labute approximate surface area is 94.5 Å². The third-order valence-electron chi connectivity index (χ3n) is 3.27. The average Bonchev–Trinajstić information content (AvgIpc) is 2.55. The molecule has 4 nitrogen and oxygen atoms in total. The van der Waals surface area contributed by atoms with Gasteiger partial charge in [-0.3, -0.25) is 14.5 Å². The Morgan fingerprint density at radius 1 is 1.25 bits per heavy atom. The largest absolute Gasteiger partial charge is 0.282 e. The number of allylic oxidation sites excluding steroid dienone is 2. The van der Waals surface area contributed by atoms with E-state index < -0.39 is 0 Å². The molecule has 2 rings (SSSR count). The summed E-state index contributed by atoms with van der Waals surface area (Å²) in [6.45, 7) is 0.401. The number of imide groups is 1. The van der Waals surface area contributed by atoms with Crippen LogP contribution in [0.5, 0.6) is 0 Å². The van der Waals surface area contributed by atoms with E-state index in [1.165, 1.54) is 4.90 Å². The first-order valence-electron chi connectivity index (χ1n) is 5.63. The molecule has 0 radical (unpaired) electrons. The highest BCUT2D eigenvalue weighted by atomic mass is 16.2. The van der Waals surface area contributed by atoms with E-state index in [4.69, 9.17) is 5.26 Å². The number of carbonyl (C=O) groups excluding carboxylic acids is 2. The van der Waals surface area contributed by atoms with Crippen LogP contribution in [0.3, 0.4) is 0 Å². The summed E-state index contributed by atoms with van der Waals surface area (Å²) in [5.74, 6) is -0.367. The van der Waals surface area contributed by atoms with Gasteiger partial charge in [0, 0.05) is 13.0 Å². The number of hydrogen-bond acceptors (Lipinski definition) is 3. The SMILES string of the molecule is N#CCCCN1C(=O)[C@H]2CC=CC[C@H]2C1=O. The first kappa shape index (κ1) is 10.9. The number of nitriles is 1. The van der Waals surface area contributed by atoms with Crippen molar-refractivity contribution in [1.29, 1.82) is 5.26 Å². The third-order valence-corrected chi connectivity index (χ3v) is 3.27. The van der Waals surface area contributed by atoms with Crippen molar-refractivity contribution in [3.05, 3.63) is 12.2 Å². The lowest BCUT2D eigenvalue weighted by molar-refractivity contribution is -0.139. The zero-order valence-electron chi connectivity index (χ0n) is 9.06. The molecular formula is C12H14N2O2. The molecule has 0 unspecified atom stereocenters. The molecule has 0 aromatic carbocycles. The van der Waals surface area contributed by atoms with Gasteiger partial charge in [-0.2, -0.15) is 5.26 Å². The summed E-state index contributed by atoms with van der Waals surface area (Å²) in [6.07, 6.45) is 6.30. The molecule has 1 saturated heterocycles. The number of fused-ring (bicyclic) bond motifs is 1. The van der Waals surface area contributed by atoms with Crippen LogP contribution in [0.4, 0.5) is 0 Å². The molecule has 2 amide bonds. The highest BCUT2D eigenvalue weighted by molar-refractivity contribution is 6.05. The quantitative estimate of drug-likeness (QED) is 0.407. The van der Waals surface area contributed by atoms with E-state index in [0.29, 0.717) is 32.2 Å². The molecule has 1 heterocycles. The molecule has 0 spiro atoms. The van der Waals surface area contributed by atoms with Crippen LogP contribution < -0.4 is 0 Å². The van der Waals surface area contributed by atoms with E-state index >= 15 is 0 Å². The predicted molar refractivity (Wildman–Crippen MR) is 56.9 cm³/mol. The fourth-order valence-corrected chi connectivity index (χ4v) is 2.41. The predicted octanol–water partition coefficient (Wildman–Crippen LogP) is 1.24. The average molecular weight is 218 g/mol. The molecule has 0 aromatic heterocycles. The van der Waals surface area contributed by atoms with E-state index in [1.807, 2.05) is 18.2 Å². The second-order valence-electron chi connectivity index (χ2n) is 4.25. The first-order chi connectivity index (χ1) is 7.75. The summed E-state index contributed by atoms with van der Waals surface area (Å²) in [5.41, 5.74) is 0. The van der Waals surface area contributed by atoms with Crippen molar-refractivity contribution in [2.24, 2.45) is 11.8 Å². The number of unbranched alkanes of at least 4 members (excludes halogenated alkanes) is 1. The van der Waals surface area contributed by atoms with Crippen molar-refractivity contribution in [1.82, 2.24) is 4.90 Å². The lowest BCUT2D eigenvalue weighted by atomic mass is 9.85. The molecule has 2 atom stereocenters. The summed E-state index contributed by atoms with van der Waals surface area (Å²) in [6, 6.07) is 2.02. The van der Waals surface area contributed by atoms with E-state index in [1.54, 1.807) is 0 Å². The second kappa shape index (κ2) is 4.48. The van der Waals surface area contributed by atoms with Crippen LogP contribution in [-0.4, -0.2) is 23.3 Å². The van der Waals surface area contributed by atoms with Gasteiger partial charge >= 0.3 is 0 Å². The fraction of sp³-hybridized carbons (Fsp3) is 0.583. The minimum absolute atomic E-state index is 0.0442. The van der Waals surface area contributed by atoms with Crippen LogP contribution in [0, 0.1) is 23.2 Å². The van der Waals surface area contributed by atoms with E-state index in [0.717, 1.165) is 0 Å². The fourth-order valence-electron chi connectivity index (χ4n) is 2.41. The third kappa shape index (κ3) is 1.73. The summed E-state index contributed by atoms with van der Waals surface area (Å²) in [5, 5.41) is 8.43. The standard InChI is InChI=1S/C12H14N2O2/c13-7-3-4-8-14-11(15)9-5-1-2-6-10(9)12(14)16/h1-2,9-10H,3-6,8H2/t9-,10+. The Balaban J connectivity index is 2.03. The maximum atomic E-state index is 11.9. The van der Waals surface area contributed by atoms with Crippen molar-refractivity contribution in [2.75, 3.05) is 6.54 Å². The molecule has 1 fully saturated rings. The van der Waals surface area contributed by atoms with Gasteiger partial charge in [-0.05, 0) is 19.3 Å². The number of nitrogens with zero attached hydrogens (tertiary/aromatic N) is 2. The number of likely N-dealkylation sites (tertiary alicyclic amines) is 1. The maximum absolute atomic E-state index is 11.9. The van der Waals surface area contributed by atoms with Crippen molar-refractivity contribution in [3.8, 4) is 6.07 Å². The van der Waals surface area contributed by atoms with Gasteiger partial charge in [0.2, 0.25) is 11.8 Å². The number of amides is 2. The molecule has 84 valence electrons. The number of carbonyl (C=O) groups is 2. The summed E-state index contributed by atoms with van der Waals surface area (Å²) >= 11 is 0. The molecule has 0 N–H and O–H groups in total. The molecule has 1 aliphatic heterocycles. The van der Waals surface area contributed by atoms with Crippen LogP contribution in [0.15, 0.2) is 12.2 Å². The zero-order valence-corrected chi connectivity index (χ0v) is 9.06. The highest BCUT2D eigenvalue weighted by Crippen LogP contribution is 2.34. The van der Waals surface area contributed by atoms with Gasteiger partial charge in [0.15, 0.2) is 0 Å². The normalized spacial score (nSPS) is 28.1. The smallest absolute Gasteiger partial charge is 0.233 e. The maximum Gasteiger partial charge on any atom is 0.233 e. The van der Waals surface area contributed by atoms with Crippen molar-refractivity contribution >= 4 is 11.8 Å². The van der Waals surface area contributed by atoms with Crippen molar-refractivity contribution in [3.63, 3.8) is 0 Å². The van der Waals surface area contributed by atoms with Gasteiger partial charge in [-0.15, -0.1) is 0 Å². The highest BCUT2D eigenvalue weighted by Gasteiger charge is 2.46. The van der Waals surface area contributed by atoms with Gasteiger partial charge < -0.3 is 0 Å². The van der Waals surface area contributed by atoms with Gasteiger partial charge in [0.05, 0.1) is 17.9 Å². The van der Waals surface area contributed by atoms with Crippen LogP contribution >= 0.6 is 0 Å². The van der Waals surface area contributed by atoms with Crippen molar-refractivity contribution < 1.29 is 9.59 Å². The molecule has 4 heteroatoms. The Kier molecular flexibility index (Phi) is 3.04. The minimum atomic E-state index is -0.139. The summed E-state index contributed by atoms with van der Waals surface area (Å²) in [4.78, 5) is 25.2. The molecular weight excluding hydrogens is 204 g/mol. The van der Waals surface area contributed by atoms with Gasteiger partial charge in [0.25, 0.3) is 0 Å². The Bertz CT molecular complexity index is 355. The number of rotatable bonds is 3. The Morgan fingerprint density at radius 2 is 1.81 bits per heavy atom. The van der Waals surface area contributed by atoms with Gasteiger partial charge in [-0.25, -0.2) is 0 Å². The number of hydrogen-bond donors (Lipinski definition) is 0. The van der Waals surface area contributed by atoms with Crippen molar-refractivity contribution in [2.45, 2.75) is 25.7 Å². The molecule has 0 bridgehead atoms. The summed E-state index contributed by atoms with van der Waals surface area (Å²) < 4.78 is 0. The molecule has 16 heavy (non-hydrogen) atoms. The van der Waals surface area contributed by atoms with E-state index in [9.17, 15) is 9.59 Å². The van der Waals surface area contributed by atoms with Gasteiger partial charge in [0.1, 0.15) is 0 Å². The lowest BCUT2D eigenvalue weighted by Crippen LogP contribution is -2.32. The van der Waals surface area contributed by atoms with Crippen LogP contribution in [-0.2, 0) is 9.59 Å². The first-order valence-corrected chi connectivity index (χ1v) is 5.63. The monoisotopic (exact) mass is 218 g/mol. The molecule has 1 aliphatic carbocycles. The Hall–Kier alpha value is -1.63. The Morgan fingerprint density at radius 3 is 2.31 bits per heavy atom. The molecule has 2 aliphatic rings. The second-order valence-corrected chi connectivity index (χ2v) is 4.25.